The van der Waals surface area contributed by atoms with E-state index in [0.717, 1.165) is 50.5 Å². The molecule has 23 heavy (non-hydrogen) atoms. The molecule has 0 unspecified atom stereocenters. The minimum Gasteiger partial charge on any atom is -0.466 e. The fourth-order valence-electron chi connectivity index (χ4n) is 3.00. The van der Waals surface area contributed by atoms with Crippen LogP contribution in [0.3, 0.4) is 0 Å². The van der Waals surface area contributed by atoms with Crippen LogP contribution < -0.4 is 10.6 Å². The van der Waals surface area contributed by atoms with Gasteiger partial charge in [0.25, 0.3) is 0 Å². The van der Waals surface area contributed by atoms with E-state index in [2.05, 4.69) is 21.6 Å². The number of furan rings is 1. The van der Waals surface area contributed by atoms with E-state index in [1.54, 1.807) is 7.11 Å². The summed E-state index contributed by atoms with van der Waals surface area (Å²) in [4.78, 5) is 14.1. The zero-order valence-corrected chi connectivity index (χ0v) is 14.5. The van der Waals surface area contributed by atoms with Crippen LogP contribution in [0.25, 0.3) is 0 Å². The maximum Gasteiger partial charge on any atom is 0.314 e. The van der Waals surface area contributed by atoms with Crippen LogP contribution in [-0.2, 0) is 11.3 Å². The van der Waals surface area contributed by atoms with Crippen LogP contribution in [-0.4, -0.2) is 50.8 Å². The van der Waals surface area contributed by atoms with E-state index >= 15 is 0 Å². The number of piperidine rings is 1. The van der Waals surface area contributed by atoms with Crippen molar-refractivity contribution in [1.82, 2.24) is 15.5 Å². The fourth-order valence-corrected chi connectivity index (χ4v) is 3.00. The normalized spacial score (nSPS) is 16.5. The van der Waals surface area contributed by atoms with Crippen LogP contribution in [0.4, 0.5) is 4.79 Å². The summed E-state index contributed by atoms with van der Waals surface area (Å²) >= 11 is 0. The topological polar surface area (TPSA) is 66.7 Å². The number of hydrogen-bond acceptors (Lipinski definition) is 4. The average molecular weight is 323 g/mol. The molecule has 0 spiro atoms. The zero-order valence-electron chi connectivity index (χ0n) is 14.5. The second-order valence-corrected chi connectivity index (χ2v) is 6.29. The Bertz CT molecular complexity index is 493. The van der Waals surface area contributed by atoms with Gasteiger partial charge in [0.1, 0.15) is 11.5 Å². The Morgan fingerprint density at radius 2 is 2.09 bits per heavy atom. The van der Waals surface area contributed by atoms with Crippen molar-refractivity contribution in [3.63, 3.8) is 0 Å². The molecule has 1 fully saturated rings. The summed E-state index contributed by atoms with van der Waals surface area (Å²) in [6.45, 7) is 8.95. The molecule has 1 aliphatic rings. The van der Waals surface area contributed by atoms with Gasteiger partial charge >= 0.3 is 6.03 Å². The molecule has 0 aromatic carbocycles. The Kier molecular flexibility index (Phi) is 6.92. The Balaban J connectivity index is 1.64. The first-order valence-electron chi connectivity index (χ1n) is 8.37. The van der Waals surface area contributed by atoms with Gasteiger partial charge < -0.3 is 19.8 Å². The average Bonchev–Trinajstić information content (AvgIpc) is 2.84. The minimum atomic E-state index is -0.103. The molecule has 0 radical (unpaired) electrons. The number of aryl methyl sites for hydroxylation is 2. The molecule has 1 aromatic rings. The van der Waals surface area contributed by atoms with E-state index in [4.69, 9.17) is 9.15 Å². The minimum absolute atomic E-state index is 0.103. The van der Waals surface area contributed by atoms with Gasteiger partial charge in [-0.1, -0.05) is 0 Å². The smallest absolute Gasteiger partial charge is 0.314 e. The van der Waals surface area contributed by atoms with E-state index in [1.807, 2.05) is 13.8 Å². The third-order valence-corrected chi connectivity index (χ3v) is 4.39. The maximum atomic E-state index is 11.6. The third kappa shape index (κ3) is 5.88. The standard InChI is InChI=1S/C17H29N3O3/c1-13-10-16(14(2)23-13)12-20-7-4-15(5-8-20)11-19-17(21)18-6-9-22-3/h10,15H,4-9,11-12H2,1-3H3,(H2,18,19,21). The predicted molar refractivity (Wildman–Crippen MR) is 89.5 cm³/mol. The number of rotatable bonds is 7. The van der Waals surface area contributed by atoms with E-state index in [9.17, 15) is 4.79 Å². The van der Waals surface area contributed by atoms with Crippen LogP contribution in [0, 0.1) is 19.8 Å². The van der Waals surface area contributed by atoms with Gasteiger partial charge in [-0.05, 0) is 51.8 Å². The lowest BCUT2D eigenvalue weighted by Crippen LogP contribution is -2.42. The molecule has 130 valence electrons. The molecule has 1 aromatic heterocycles. The summed E-state index contributed by atoms with van der Waals surface area (Å²) in [5.41, 5.74) is 1.29. The van der Waals surface area contributed by atoms with Crippen molar-refractivity contribution in [1.29, 1.82) is 0 Å². The van der Waals surface area contributed by atoms with Crippen molar-refractivity contribution in [2.75, 3.05) is 39.9 Å². The zero-order chi connectivity index (χ0) is 16.7. The fraction of sp³-hybridized carbons (Fsp3) is 0.706. The predicted octanol–water partition coefficient (Wildman–Crippen LogP) is 2.05. The lowest BCUT2D eigenvalue weighted by atomic mass is 9.96. The first kappa shape index (κ1) is 17.8. The Morgan fingerprint density at radius 3 is 2.70 bits per heavy atom. The molecule has 0 saturated carbocycles. The van der Waals surface area contributed by atoms with E-state index < -0.39 is 0 Å². The largest absolute Gasteiger partial charge is 0.466 e. The highest BCUT2D eigenvalue weighted by Gasteiger charge is 2.20. The van der Waals surface area contributed by atoms with Gasteiger partial charge in [0, 0.05) is 32.3 Å². The number of methoxy groups -OCH3 is 1. The van der Waals surface area contributed by atoms with Gasteiger partial charge in [-0.3, -0.25) is 4.90 Å². The number of urea groups is 1. The molecule has 2 heterocycles. The van der Waals surface area contributed by atoms with E-state index in [-0.39, 0.29) is 6.03 Å². The molecule has 2 rings (SSSR count). The molecule has 0 aliphatic carbocycles. The van der Waals surface area contributed by atoms with Crippen molar-refractivity contribution >= 4 is 6.03 Å². The molecule has 6 nitrogen and oxygen atoms in total. The maximum absolute atomic E-state index is 11.6. The van der Waals surface area contributed by atoms with E-state index in [0.29, 0.717) is 19.1 Å². The summed E-state index contributed by atoms with van der Waals surface area (Å²) in [7, 11) is 1.62. The highest BCUT2D eigenvalue weighted by Crippen LogP contribution is 2.21. The summed E-state index contributed by atoms with van der Waals surface area (Å²) in [5, 5.41) is 5.73. The quantitative estimate of drug-likeness (QED) is 0.754. The van der Waals surface area contributed by atoms with Gasteiger partial charge in [0.05, 0.1) is 6.61 Å². The van der Waals surface area contributed by atoms with Crippen molar-refractivity contribution in [3.8, 4) is 0 Å². The molecule has 2 amide bonds. The summed E-state index contributed by atoms with van der Waals surface area (Å²) < 4.78 is 10.5. The number of amides is 2. The van der Waals surface area contributed by atoms with E-state index in [1.165, 1.54) is 5.56 Å². The molecule has 1 aliphatic heterocycles. The van der Waals surface area contributed by atoms with Crippen LogP contribution in [0.5, 0.6) is 0 Å². The summed E-state index contributed by atoms with van der Waals surface area (Å²) in [5.74, 6) is 2.57. The highest BCUT2D eigenvalue weighted by atomic mass is 16.5. The van der Waals surface area contributed by atoms with Crippen molar-refractivity contribution in [2.45, 2.75) is 33.2 Å². The van der Waals surface area contributed by atoms with Crippen molar-refractivity contribution in [2.24, 2.45) is 5.92 Å². The Hall–Kier alpha value is -1.53. The highest BCUT2D eigenvalue weighted by molar-refractivity contribution is 5.73. The lowest BCUT2D eigenvalue weighted by Gasteiger charge is -2.31. The van der Waals surface area contributed by atoms with Gasteiger partial charge in [-0.25, -0.2) is 4.79 Å². The van der Waals surface area contributed by atoms with Crippen LogP contribution in [0.15, 0.2) is 10.5 Å². The number of hydrogen-bond donors (Lipinski definition) is 2. The van der Waals surface area contributed by atoms with Gasteiger partial charge in [-0.2, -0.15) is 0 Å². The molecule has 1 saturated heterocycles. The Labute approximate surface area is 138 Å². The second-order valence-electron chi connectivity index (χ2n) is 6.29. The van der Waals surface area contributed by atoms with Gasteiger partial charge in [0.2, 0.25) is 0 Å². The lowest BCUT2D eigenvalue weighted by molar-refractivity contribution is 0.173. The number of nitrogens with zero attached hydrogens (tertiary/aromatic N) is 1. The molecule has 6 heteroatoms. The number of nitrogens with one attached hydrogen (secondary N) is 2. The first-order chi connectivity index (χ1) is 11.1. The monoisotopic (exact) mass is 323 g/mol. The Morgan fingerprint density at radius 1 is 1.35 bits per heavy atom. The van der Waals surface area contributed by atoms with Crippen molar-refractivity contribution in [3.05, 3.63) is 23.2 Å². The molecular formula is C17H29N3O3. The molecule has 0 atom stereocenters. The SMILES string of the molecule is COCCNC(=O)NCC1CCN(Cc2cc(C)oc2C)CC1. The molecular weight excluding hydrogens is 294 g/mol. The first-order valence-corrected chi connectivity index (χ1v) is 8.37. The van der Waals surface area contributed by atoms with Crippen LogP contribution >= 0.6 is 0 Å². The van der Waals surface area contributed by atoms with Crippen molar-refractivity contribution < 1.29 is 13.9 Å². The molecule has 2 N–H and O–H groups in total. The summed E-state index contributed by atoms with van der Waals surface area (Å²) in [6.07, 6.45) is 2.24. The number of likely N-dealkylation sites (tertiary alicyclic amines) is 1. The van der Waals surface area contributed by atoms with Gasteiger partial charge in [-0.15, -0.1) is 0 Å². The molecule has 0 bridgehead atoms. The third-order valence-electron chi connectivity index (χ3n) is 4.39. The number of carbonyl (C=O) groups excluding carboxylic acids is 1. The summed E-state index contributed by atoms with van der Waals surface area (Å²) in [6, 6.07) is 2.03. The van der Waals surface area contributed by atoms with Crippen LogP contribution in [0.2, 0.25) is 0 Å². The van der Waals surface area contributed by atoms with Crippen LogP contribution in [0.1, 0.15) is 29.9 Å². The second kappa shape index (κ2) is 8.93. The number of ether oxygens (including phenoxy) is 1. The van der Waals surface area contributed by atoms with Gasteiger partial charge in [0.15, 0.2) is 0 Å². The number of carbonyl (C=O) groups is 1.